The van der Waals surface area contributed by atoms with Crippen LogP contribution in [0.2, 0.25) is 10.0 Å². The largest absolute Gasteiger partial charge is 0.484 e. The van der Waals surface area contributed by atoms with E-state index in [1.54, 1.807) is 12.1 Å². The number of ether oxygens (including phenoxy) is 2. The van der Waals surface area contributed by atoms with Gasteiger partial charge in [-0.1, -0.05) is 23.2 Å². The highest BCUT2D eigenvalue weighted by molar-refractivity contribution is 6.30. The van der Waals surface area contributed by atoms with Crippen molar-refractivity contribution in [3.8, 4) is 11.6 Å². The van der Waals surface area contributed by atoms with Crippen molar-refractivity contribution in [3.63, 3.8) is 0 Å². The molecule has 5 rings (SSSR count). The lowest BCUT2D eigenvalue weighted by Crippen LogP contribution is -2.84. The van der Waals surface area contributed by atoms with Crippen LogP contribution >= 0.6 is 23.2 Å². The van der Waals surface area contributed by atoms with Crippen molar-refractivity contribution in [2.24, 2.45) is 0 Å². The van der Waals surface area contributed by atoms with Crippen molar-refractivity contribution >= 4 is 35.0 Å². The first-order chi connectivity index (χ1) is 14.3. The standard InChI is InChI=1S/C20H18Cl2FN3O4/c21-12-1-4-18(24-6-12)30-8-17(28)26-20-9-19(10-20,11-20)25-16(27)7-29-13-2-3-14(22)15(23)5-13/h1-6H,7-11H2,(H,25,27)(H,26,28). The number of benzene rings is 1. The third-order valence-corrected chi connectivity index (χ3v) is 5.68. The van der Waals surface area contributed by atoms with Crippen LogP contribution in [0.4, 0.5) is 4.39 Å². The first kappa shape index (κ1) is 20.7. The van der Waals surface area contributed by atoms with Gasteiger partial charge in [0.1, 0.15) is 11.6 Å². The summed E-state index contributed by atoms with van der Waals surface area (Å²) in [6.45, 7) is -0.384. The monoisotopic (exact) mass is 453 g/mol. The molecule has 10 heteroatoms. The van der Waals surface area contributed by atoms with Crippen LogP contribution < -0.4 is 20.1 Å². The number of rotatable bonds is 8. The van der Waals surface area contributed by atoms with Crippen molar-refractivity contribution in [2.45, 2.75) is 30.3 Å². The van der Waals surface area contributed by atoms with Crippen LogP contribution in [-0.4, -0.2) is 41.1 Å². The molecule has 2 amide bonds. The van der Waals surface area contributed by atoms with Gasteiger partial charge in [0.25, 0.3) is 11.8 Å². The number of hydrogen-bond acceptors (Lipinski definition) is 5. The van der Waals surface area contributed by atoms with Crippen LogP contribution in [0.15, 0.2) is 36.5 Å². The molecule has 2 N–H and O–H groups in total. The summed E-state index contributed by atoms with van der Waals surface area (Å²) in [7, 11) is 0. The van der Waals surface area contributed by atoms with E-state index in [0.717, 1.165) is 6.07 Å². The summed E-state index contributed by atoms with van der Waals surface area (Å²) in [6, 6.07) is 7.20. The minimum Gasteiger partial charge on any atom is -0.484 e. The molecule has 3 saturated carbocycles. The van der Waals surface area contributed by atoms with E-state index in [-0.39, 0.29) is 46.9 Å². The second kappa shape index (κ2) is 7.92. The zero-order valence-corrected chi connectivity index (χ0v) is 17.2. The third kappa shape index (κ3) is 4.44. The van der Waals surface area contributed by atoms with Crippen molar-refractivity contribution in [1.82, 2.24) is 15.6 Å². The number of nitrogens with zero attached hydrogens (tertiary/aromatic N) is 1. The number of carbonyl (C=O) groups is 2. The fourth-order valence-corrected chi connectivity index (χ4v) is 4.25. The average Bonchev–Trinajstić information content (AvgIpc) is 2.66. The second-order valence-corrected chi connectivity index (χ2v) is 8.50. The summed E-state index contributed by atoms with van der Waals surface area (Å²) in [5.74, 6) is -0.621. The van der Waals surface area contributed by atoms with Gasteiger partial charge in [-0.2, -0.15) is 0 Å². The molecule has 7 nitrogen and oxygen atoms in total. The number of carbonyl (C=O) groups excluding carboxylic acids is 2. The molecule has 0 aliphatic heterocycles. The van der Waals surface area contributed by atoms with Crippen molar-refractivity contribution in [2.75, 3.05) is 13.2 Å². The van der Waals surface area contributed by atoms with Gasteiger partial charge in [-0.3, -0.25) is 9.59 Å². The van der Waals surface area contributed by atoms with Gasteiger partial charge in [0, 0.05) is 29.4 Å². The Labute approximate surface area is 181 Å². The predicted molar refractivity (Wildman–Crippen MR) is 107 cm³/mol. The van der Waals surface area contributed by atoms with Crippen LogP contribution in [0.1, 0.15) is 19.3 Å². The molecule has 30 heavy (non-hydrogen) atoms. The third-order valence-electron chi connectivity index (χ3n) is 5.15. The second-order valence-electron chi connectivity index (χ2n) is 7.66. The first-order valence-electron chi connectivity index (χ1n) is 9.21. The van der Waals surface area contributed by atoms with Gasteiger partial charge >= 0.3 is 0 Å². The fraction of sp³-hybridized carbons (Fsp3) is 0.350. The Morgan fingerprint density at radius 2 is 1.63 bits per heavy atom. The Bertz CT molecular complexity index is 967. The van der Waals surface area contributed by atoms with Gasteiger partial charge in [-0.25, -0.2) is 9.37 Å². The normalized spacial score (nSPS) is 23.6. The Balaban J connectivity index is 1.17. The lowest BCUT2D eigenvalue weighted by molar-refractivity contribution is -0.151. The fourth-order valence-electron chi connectivity index (χ4n) is 4.02. The van der Waals surface area contributed by atoms with Gasteiger partial charge < -0.3 is 20.1 Å². The number of nitrogens with one attached hydrogen (secondary N) is 2. The van der Waals surface area contributed by atoms with E-state index in [1.165, 1.54) is 18.3 Å². The summed E-state index contributed by atoms with van der Waals surface area (Å²) in [5, 5.41) is 6.35. The van der Waals surface area contributed by atoms with Gasteiger partial charge in [-0.15, -0.1) is 0 Å². The van der Waals surface area contributed by atoms with E-state index in [4.69, 9.17) is 32.7 Å². The molecule has 0 spiro atoms. The van der Waals surface area contributed by atoms with E-state index in [0.29, 0.717) is 30.2 Å². The average molecular weight is 454 g/mol. The molecule has 0 saturated heterocycles. The molecule has 3 aliphatic rings. The highest BCUT2D eigenvalue weighted by atomic mass is 35.5. The Hall–Kier alpha value is -2.58. The molecule has 2 bridgehead atoms. The molecule has 0 atom stereocenters. The molecule has 1 aromatic carbocycles. The van der Waals surface area contributed by atoms with E-state index < -0.39 is 5.82 Å². The molecule has 158 valence electrons. The maximum atomic E-state index is 13.4. The minimum absolute atomic E-state index is 0.0113. The molecule has 2 aromatic rings. The number of hydrogen-bond donors (Lipinski definition) is 2. The van der Waals surface area contributed by atoms with Crippen molar-refractivity contribution < 1.29 is 23.5 Å². The molecule has 3 aliphatic carbocycles. The summed E-state index contributed by atoms with van der Waals surface area (Å²) < 4.78 is 24.0. The predicted octanol–water partition coefficient (Wildman–Crippen LogP) is 2.89. The quantitative estimate of drug-likeness (QED) is 0.641. The zero-order chi connectivity index (χ0) is 21.4. The van der Waals surface area contributed by atoms with Crippen molar-refractivity contribution in [1.29, 1.82) is 0 Å². The van der Waals surface area contributed by atoms with E-state index >= 15 is 0 Å². The number of amides is 2. The highest BCUT2D eigenvalue weighted by Crippen LogP contribution is 2.60. The highest BCUT2D eigenvalue weighted by Gasteiger charge is 2.69. The van der Waals surface area contributed by atoms with E-state index in [1.807, 2.05) is 0 Å². The Kier molecular flexibility index (Phi) is 5.46. The number of pyridine rings is 1. The lowest BCUT2D eigenvalue weighted by atomic mass is 9.44. The molecule has 3 fully saturated rings. The maximum absolute atomic E-state index is 13.4. The van der Waals surface area contributed by atoms with Crippen LogP contribution in [0.25, 0.3) is 0 Å². The van der Waals surface area contributed by atoms with E-state index in [2.05, 4.69) is 15.6 Å². The van der Waals surface area contributed by atoms with Gasteiger partial charge in [0.05, 0.1) is 10.0 Å². The van der Waals surface area contributed by atoms with Crippen LogP contribution in [0, 0.1) is 5.82 Å². The summed E-state index contributed by atoms with van der Waals surface area (Å²) in [6.07, 6.45) is 3.38. The van der Waals surface area contributed by atoms with Crippen LogP contribution in [-0.2, 0) is 9.59 Å². The van der Waals surface area contributed by atoms with Crippen LogP contribution in [0.5, 0.6) is 11.6 Å². The number of aromatic nitrogens is 1. The smallest absolute Gasteiger partial charge is 0.258 e. The van der Waals surface area contributed by atoms with Gasteiger partial charge in [-0.05, 0) is 37.5 Å². The Morgan fingerprint density at radius 3 is 2.20 bits per heavy atom. The Morgan fingerprint density at radius 1 is 1.00 bits per heavy atom. The summed E-state index contributed by atoms with van der Waals surface area (Å²) >= 11 is 11.4. The zero-order valence-electron chi connectivity index (χ0n) is 15.7. The summed E-state index contributed by atoms with van der Waals surface area (Å²) in [5.41, 5.74) is -0.626. The lowest BCUT2D eigenvalue weighted by Gasteiger charge is -2.70. The molecule has 0 radical (unpaired) electrons. The first-order valence-corrected chi connectivity index (χ1v) is 9.96. The molecule has 0 unspecified atom stereocenters. The molecular weight excluding hydrogens is 436 g/mol. The number of halogens is 3. The summed E-state index contributed by atoms with van der Waals surface area (Å²) in [4.78, 5) is 28.2. The molecule has 1 aromatic heterocycles. The van der Waals surface area contributed by atoms with Gasteiger partial charge in [0.2, 0.25) is 5.88 Å². The topological polar surface area (TPSA) is 89.6 Å². The van der Waals surface area contributed by atoms with Gasteiger partial charge in [0.15, 0.2) is 13.2 Å². The van der Waals surface area contributed by atoms with Crippen LogP contribution in [0.3, 0.4) is 0 Å². The molecule has 1 heterocycles. The van der Waals surface area contributed by atoms with E-state index in [9.17, 15) is 14.0 Å². The van der Waals surface area contributed by atoms with Crippen molar-refractivity contribution in [3.05, 3.63) is 52.4 Å². The molecular formula is C20H18Cl2FN3O4. The minimum atomic E-state index is -0.609. The SMILES string of the molecule is O=C(COc1ccc(Cl)c(F)c1)NC12CC(NC(=O)COc3ccc(Cl)cn3)(C1)C2. The maximum Gasteiger partial charge on any atom is 0.258 e.